The Bertz CT molecular complexity index is 814. The Labute approximate surface area is 150 Å². The van der Waals surface area contributed by atoms with Crippen molar-refractivity contribution < 1.29 is 14.3 Å². The highest BCUT2D eigenvalue weighted by Gasteiger charge is 2.36. The summed E-state index contributed by atoms with van der Waals surface area (Å²) in [7, 11) is 0. The van der Waals surface area contributed by atoms with E-state index in [9.17, 15) is 9.59 Å². The van der Waals surface area contributed by atoms with Gasteiger partial charge in [0, 0.05) is 6.54 Å². The lowest BCUT2D eigenvalue weighted by Gasteiger charge is -2.27. The smallest absolute Gasteiger partial charge is 0.410 e. The summed E-state index contributed by atoms with van der Waals surface area (Å²) in [4.78, 5) is 30.6. The average molecular weight is 366 g/mol. The standard InChI is InChI=1S/C16H20ClN5O3/c1-16(2,3)25-15(24)21-8-4-5-10(21)14(23)19-12-9-22-13(18-12)7-6-11(17)20-22/h6-7,9-10H,4-5,8H2,1-3H3,(H,19,23)/t10-/m1/s1. The molecule has 8 nitrogen and oxygen atoms in total. The first-order chi connectivity index (χ1) is 11.7. The Kier molecular flexibility index (Phi) is 4.55. The highest BCUT2D eigenvalue weighted by Crippen LogP contribution is 2.22. The van der Waals surface area contributed by atoms with E-state index < -0.39 is 17.7 Å². The molecule has 1 N–H and O–H groups in total. The van der Waals surface area contributed by atoms with Crippen molar-refractivity contribution in [2.75, 3.05) is 11.9 Å². The van der Waals surface area contributed by atoms with Gasteiger partial charge >= 0.3 is 6.09 Å². The van der Waals surface area contributed by atoms with Crippen LogP contribution in [0.3, 0.4) is 0 Å². The van der Waals surface area contributed by atoms with E-state index in [1.165, 1.54) is 9.42 Å². The minimum Gasteiger partial charge on any atom is -0.444 e. The molecule has 3 rings (SSSR count). The number of hydrogen-bond donors (Lipinski definition) is 1. The van der Waals surface area contributed by atoms with Crippen molar-refractivity contribution in [1.29, 1.82) is 0 Å². The Balaban J connectivity index is 1.71. The largest absolute Gasteiger partial charge is 0.444 e. The maximum Gasteiger partial charge on any atom is 0.410 e. The van der Waals surface area contributed by atoms with Gasteiger partial charge in [-0.05, 0) is 45.7 Å². The van der Waals surface area contributed by atoms with Gasteiger partial charge in [0.2, 0.25) is 5.91 Å². The Morgan fingerprint density at radius 3 is 2.84 bits per heavy atom. The molecule has 0 radical (unpaired) electrons. The number of carbonyl (C=O) groups excluding carboxylic acids is 2. The topological polar surface area (TPSA) is 88.8 Å². The van der Waals surface area contributed by atoms with E-state index >= 15 is 0 Å². The summed E-state index contributed by atoms with van der Waals surface area (Å²) < 4.78 is 6.86. The third-order valence-corrected chi connectivity index (χ3v) is 3.92. The molecule has 2 aromatic heterocycles. The van der Waals surface area contributed by atoms with Gasteiger partial charge in [0.25, 0.3) is 0 Å². The zero-order valence-corrected chi connectivity index (χ0v) is 15.1. The number of likely N-dealkylation sites (tertiary alicyclic amines) is 1. The van der Waals surface area contributed by atoms with Crippen molar-refractivity contribution >= 4 is 35.1 Å². The molecule has 0 aliphatic carbocycles. The number of ether oxygens (including phenoxy) is 1. The van der Waals surface area contributed by atoms with E-state index in [0.29, 0.717) is 29.6 Å². The quantitative estimate of drug-likeness (QED) is 0.883. The third kappa shape index (κ3) is 4.01. The fraction of sp³-hybridized carbons (Fsp3) is 0.500. The molecule has 0 bridgehead atoms. The minimum atomic E-state index is -0.604. The molecule has 1 atom stereocenters. The first kappa shape index (κ1) is 17.5. The molecule has 0 saturated carbocycles. The zero-order chi connectivity index (χ0) is 18.2. The van der Waals surface area contributed by atoms with Gasteiger partial charge in [-0.1, -0.05) is 11.6 Å². The number of anilines is 1. The maximum atomic E-state index is 12.6. The maximum absolute atomic E-state index is 12.6. The lowest BCUT2D eigenvalue weighted by Crippen LogP contribution is -2.45. The van der Waals surface area contributed by atoms with Gasteiger partial charge in [0.15, 0.2) is 11.5 Å². The average Bonchev–Trinajstić information content (AvgIpc) is 3.10. The molecule has 0 aromatic carbocycles. The number of aromatic nitrogens is 3. The molecule has 0 unspecified atom stereocenters. The molecule has 1 fully saturated rings. The highest BCUT2D eigenvalue weighted by atomic mass is 35.5. The molecule has 1 aliphatic rings. The summed E-state index contributed by atoms with van der Waals surface area (Å²) in [6, 6.07) is 2.75. The van der Waals surface area contributed by atoms with Gasteiger partial charge < -0.3 is 10.1 Å². The van der Waals surface area contributed by atoms with Crippen LogP contribution in [0.2, 0.25) is 5.15 Å². The number of nitrogens with zero attached hydrogens (tertiary/aromatic N) is 4. The van der Waals surface area contributed by atoms with Crippen LogP contribution in [0.5, 0.6) is 0 Å². The SMILES string of the molecule is CC(C)(C)OC(=O)N1CCC[C@@H]1C(=O)Nc1cn2nc(Cl)ccc2n1. The summed E-state index contributed by atoms with van der Waals surface area (Å²) in [6.45, 7) is 5.88. The van der Waals surface area contributed by atoms with Crippen molar-refractivity contribution in [3.63, 3.8) is 0 Å². The van der Waals surface area contributed by atoms with Gasteiger partial charge in [-0.15, -0.1) is 0 Å². The van der Waals surface area contributed by atoms with Crippen molar-refractivity contribution in [3.8, 4) is 0 Å². The molecular weight excluding hydrogens is 346 g/mol. The second-order valence-electron chi connectivity index (χ2n) is 6.91. The van der Waals surface area contributed by atoms with E-state index in [1.54, 1.807) is 39.1 Å². The second-order valence-corrected chi connectivity index (χ2v) is 7.29. The normalized spacial score (nSPS) is 17.8. The van der Waals surface area contributed by atoms with Gasteiger partial charge in [-0.25, -0.2) is 14.3 Å². The van der Waals surface area contributed by atoms with Gasteiger partial charge in [-0.2, -0.15) is 5.10 Å². The molecule has 9 heteroatoms. The van der Waals surface area contributed by atoms with Crippen molar-refractivity contribution in [2.24, 2.45) is 0 Å². The van der Waals surface area contributed by atoms with Gasteiger partial charge in [0.05, 0.1) is 6.20 Å². The van der Waals surface area contributed by atoms with Crippen LogP contribution >= 0.6 is 11.6 Å². The summed E-state index contributed by atoms with van der Waals surface area (Å²) in [5.74, 6) is 0.0636. The monoisotopic (exact) mass is 365 g/mol. The molecule has 2 amide bonds. The molecule has 2 aromatic rings. The number of amides is 2. The van der Waals surface area contributed by atoms with E-state index in [0.717, 1.165) is 6.42 Å². The highest BCUT2D eigenvalue weighted by molar-refractivity contribution is 6.29. The number of imidazole rings is 1. The Hall–Kier alpha value is -2.35. The van der Waals surface area contributed by atoms with E-state index in [4.69, 9.17) is 16.3 Å². The molecule has 1 saturated heterocycles. The van der Waals surface area contributed by atoms with Crippen LogP contribution in [0.15, 0.2) is 18.3 Å². The van der Waals surface area contributed by atoms with Crippen LogP contribution in [-0.4, -0.2) is 49.7 Å². The molecule has 3 heterocycles. The molecule has 25 heavy (non-hydrogen) atoms. The van der Waals surface area contributed by atoms with E-state index in [1.807, 2.05) is 0 Å². The number of fused-ring (bicyclic) bond motifs is 1. The predicted molar refractivity (Wildman–Crippen MR) is 92.6 cm³/mol. The molecular formula is C16H20ClN5O3. The second kappa shape index (κ2) is 6.51. The van der Waals surface area contributed by atoms with E-state index in [-0.39, 0.29) is 5.91 Å². The fourth-order valence-corrected chi connectivity index (χ4v) is 2.85. The predicted octanol–water partition coefficient (Wildman–Crippen LogP) is 2.72. The van der Waals surface area contributed by atoms with Crippen LogP contribution in [-0.2, 0) is 9.53 Å². The Morgan fingerprint density at radius 1 is 1.36 bits per heavy atom. The minimum absolute atomic E-state index is 0.294. The van der Waals surface area contributed by atoms with Crippen LogP contribution < -0.4 is 5.32 Å². The summed E-state index contributed by atoms with van der Waals surface area (Å²) >= 11 is 5.84. The first-order valence-corrected chi connectivity index (χ1v) is 8.43. The van der Waals surface area contributed by atoms with Crippen LogP contribution in [0.4, 0.5) is 10.6 Å². The number of nitrogens with one attached hydrogen (secondary N) is 1. The van der Waals surface area contributed by atoms with Crippen molar-refractivity contribution in [2.45, 2.75) is 45.3 Å². The summed E-state index contributed by atoms with van der Waals surface area (Å²) in [6.07, 6.45) is 2.43. The van der Waals surface area contributed by atoms with Gasteiger partial charge in [0.1, 0.15) is 16.8 Å². The number of rotatable bonds is 2. The zero-order valence-electron chi connectivity index (χ0n) is 14.3. The Morgan fingerprint density at radius 2 is 2.12 bits per heavy atom. The lowest BCUT2D eigenvalue weighted by atomic mass is 10.2. The molecule has 134 valence electrons. The summed E-state index contributed by atoms with van der Waals surface area (Å²) in [5.41, 5.74) is -0.0390. The van der Waals surface area contributed by atoms with Gasteiger partial charge in [-0.3, -0.25) is 9.69 Å². The van der Waals surface area contributed by atoms with E-state index in [2.05, 4.69) is 15.4 Å². The first-order valence-electron chi connectivity index (χ1n) is 8.05. The molecule has 1 aliphatic heterocycles. The molecule has 0 spiro atoms. The van der Waals surface area contributed by atoms with Crippen molar-refractivity contribution in [1.82, 2.24) is 19.5 Å². The van der Waals surface area contributed by atoms with Crippen LogP contribution in [0, 0.1) is 0 Å². The number of carbonyl (C=O) groups is 2. The van der Waals surface area contributed by atoms with Crippen LogP contribution in [0.25, 0.3) is 5.65 Å². The number of halogens is 1. The lowest BCUT2D eigenvalue weighted by molar-refractivity contribution is -0.120. The van der Waals surface area contributed by atoms with Crippen molar-refractivity contribution in [3.05, 3.63) is 23.5 Å². The van der Waals surface area contributed by atoms with Crippen LogP contribution in [0.1, 0.15) is 33.6 Å². The number of hydrogen-bond acceptors (Lipinski definition) is 5. The fourth-order valence-electron chi connectivity index (χ4n) is 2.71. The summed E-state index contributed by atoms with van der Waals surface area (Å²) in [5, 5.41) is 7.13. The third-order valence-electron chi connectivity index (χ3n) is 3.72.